The molecule has 1 heterocycles. The second-order valence-corrected chi connectivity index (χ2v) is 4.49. The first-order chi connectivity index (χ1) is 6.79. The van der Waals surface area contributed by atoms with Gasteiger partial charge < -0.3 is 14.6 Å². The van der Waals surface area contributed by atoms with Crippen molar-refractivity contribution < 1.29 is 14.6 Å². The lowest BCUT2D eigenvalue weighted by Gasteiger charge is -2.35. The molecule has 2 aliphatic rings. The molecule has 0 aromatic rings. The Labute approximate surface area is 85.4 Å². The summed E-state index contributed by atoms with van der Waals surface area (Å²) in [6, 6.07) is 0. The second kappa shape index (κ2) is 3.80. The summed E-state index contributed by atoms with van der Waals surface area (Å²) in [7, 11) is 0. The predicted octanol–water partition coefficient (Wildman–Crippen LogP) is 1.69. The van der Waals surface area contributed by atoms with Gasteiger partial charge in [0.05, 0.1) is 19.8 Å². The van der Waals surface area contributed by atoms with Gasteiger partial charge in [-0.3, -0.25) is 0 Å². The van der Waals surface area contributed by atoms with E-state index in [-0.39, 0.29) is 12.0 Å². The van der Waals surface area contributed by atoms with Crippen LogP contribution >= 0.6 is 0 Å². The fourth-order valence-corrected chi connectivity index (χ4v) is 2.39. The number of hydrogen-bond acceptors (Lipinski definition) is 3. The van der Waals surface area contributed by atoms with E-state index in [1.54, 1.807) is 0 Å². The van der Waals surface area contributed by atoms with Crippen LogP contribution in [0.5, 0.6) is 0 Å². The molecule has 0 unspecified atom stereocenters. The molecule has 1 N–H and O–H groups in total. The van der Waals surface area contributed by atoms with E-state index < -0.39 is 5.79 Å². The third-order valence-corrected chi connectivity index (χ3v) is 3.58. The van der Waals surface area contributed by atoms with Crippen molar-refractivity contribution in [3.05, 3.63) is 0 Å². The molecule has 0 radical (unpaired) electrons. The second-order valence-electron chi connectivity index (χ2n) is 4.49. The van der Waals surface area contributed by atoms with E-state index in [4.69, 9.17) is 9.47 Å². The number of hydrogen-bond donors (Lipinski definition) is 1. The smallest absolute Gasteiger partial charge is 0.176 e. The van der Waals surface area contributed by atoms with Crippen LogP contribution in [-0.4, -0.2) is 30.7 Å². The van der Waals surface area contributed by atoms with Gasteiger partial charge in [-0.1, -0.05) is 13.3 Å². The molecule has 1 aliphatic heterocycles. The molecule has 3 heteroatoms. The molecule has 2 rings (SSSR count). The van der Waals surface area contributed by atoms with Crippen molar-refractivity contribution in [1.29, 1.82) is 0 Å². The maximum absolute atomic E-state index is 9.42. The Balaban J connectivity index is 2.05. The monoisotopic (exact) mass is 200 g/mol. The molecular weight excluding hydrogens is 180 g/mol. The molecule has 1 saturated heterocycles. The Morgan fingerprint density at radius 2 is 1.86 bits per heavy atom. The van der Waals surface area contributed by atoms with Crippen molar-refractivity contribution in [2.24, 2.45) is 5.41 Å². The molecule has 1 aliphatic carbocycles. The zero-order valence-corrected chi connectivity index (χ0v) is 8.92. The summed E-state index contributed by atoms with van der Waals surface area (Å²) < 4.78 is 11.6. The highest BCUT2D eigenvalue weighted by Crippen LogP contribution is 2.58. The largest absolute Gasteiger partial charge is 0.396 e. The predicted molar refractivity (Wildman–Crippen MR) is 52.9 cm³/mol. The zero-order chi connectivity index (χ0) is 10.1. The summed E-state index contributed by atoms with van der Waals surface area (Å²) in [5.41, 5.74) is -0.0708. The molecule has 0 spiro atoms. The third kappa shape index (κ3) is 1.47. The van der Waals surface area contributed by atoms with Crippen LogP contribution in [0.15, 0.2) is 0 Å². The van der Waals surface area contributed by atoms with Crippen LogP contribution in [0.2, 0.25) is 0 Å². The van der Waals surface area contributed by atoms with Gasteiger partial charge >= 0.3 is 0 Å². The van der Waals surface area contributed by atoms with E-state index in [1.807, 2.05) is 0 Å². The van der Waals surface area contributed by atoms with Gasteiger partial charge in [-0.05, 0) is 19.3 Å². The van der Waals surface area contributed by atoms with E-state index in [9.17, 15) is 5.11 Å². The van der Waals surface area contributed by atoms with Gasteiger partial charge in [0.15, 0.2) is 5.79 Å². The highest BCUT2D eigenvalue weighted by atomic mass is 16.7. The molecule has 1 saturated carbocycles. The van der Waals surface area contributed by atoms with Crippen LogP contribution in [0.25, 0.3) is 0 Å². The minimum Gasteiger partial charge on any atom is -0.396 e. The standard InChI is InChI=1S/C11H20O3/c1-2-3-4-11(13-7-8-14-11)10(9-12)5-6-10/h12H,2-9H2,1H3. The topological polar surface area (TPSA) is 38.7 Å². The summed E-state index contributed by atoms with van der Waals surface area (Å²) in [5.74, 6) is -0.447. The molecule has 0 aromatic carbocycles. The van der Waals surface area contributed by atoms with E-state index >= 15 is 0 Å². The normalized spacial score (nSPS) is 27.9. The number of ether oxygens (including phenoxy) is 2. The fourth-order valence-electron chi connectivity index (χ4n) is 2.39. The Morgan fingerprint density at radius 1 is 1.21 bits per heavy atom. The number of unbranched alkanes of at least 4 members (excludes halogenated alkanes) is 1. The molecule has 0 amide bonds. The minimum absolute atomic E-state index is 0.0708. The Morgan fingerprint density at radius 3 is 2.29 bits per heavy atom. The highest BCUT2D eigenvalue weighted by molar-refractivity contribution is 5.05. The molecular formula is C11H20O3. The van der Waals surface area contributed by atoms with Gasteiger partial charge in [0.2, 0.25) is 0 Å². The van der Waals surface area contributed by atoms with E-state index in [0.717, 1.165) is 32.1 Å². The average Bonchev–Trinajstić information content (AvgIpc) is 2.89. The van der Waals surface area contributed by atoms with Gasteiger partial charge in [-0.2, -0.15) is 0 Å². The molecule has 3 nitrogen and oxygen atoms in total. The lowest BCUT2D eigenvalue weighted by Crippen LogP contribution is -2.43. The lowest BCUT2D eigenvalue weighted by molar-refractivity contribution is -0.219. The summed E-state index contributed by atoms with van der Waals surface area (Å²) in [5, 5.41) is 9.42. The highest BCUT2D eigenvalue weighted by Gasteiger charge is 2.62. The van der Waals surface area contributed by atoms with Crippen molar-refractivity contribution in [1.82, 2.24) is 0 Å². The summed E-state index contributed by atoms with van der Waals surface area (Å²) >= 11 is 0. The van der Waals surface area contributed by atoms with Crippen LogP contribution in [0.4, 0.5) is 0 Å². The van der Waals surface area contributed by atoms with E-state index in [2.05, 4.69) is 6.92 Å². The van der Waals surface area contributed by atoms with Gasteiger partial charge in [0.25, 0.3) is 0 Å². The van der Waals surface area contributed by atoms with Crippen molar-refractivity contribution in [3.63, 3.8) is 0 Å². The minimum atomic E-state index is -0.447. The van der Waals surface area contributed by atoms with Crippen molar-refractivity contribution in [3.8, 4) is 0 Å². The van der Waals surface area contributed by atoms with Crippen molar-refractivity contribution in [2.75, 3.05) is 19.8 Å². The van der Waals surface area contributed by atoms with Gasteiger partial charge in [-0.25, -0.2) is 0 Å². The first-order valence-electron chi connectivity index (χ1n) is 5.67. The molecule has 0 bridgehead atoms. The van der Waals surface area contributed by atoms with Crippen LogP contribution in [-0.2, 0) is 9.47 Å². The SMILES string of the molecule is CCCCC1(C2(CO)CC2)OCCO1. The van der Waals surface area contributed by atoms with E-state index in [0.29, 0.717) is 13.2 Å². The van der Waals surface area contributed by atoms with Crippen molar-refractivity contribution in [2.45, 2.75) is 44.8 Å². The zero-order valence-electron chi connectivity index (χ0n) is 8.92. The van der Waals surface area contributed by atoms with Crippen LogP contribution < -0.4 is 0 Å². The summed E-state index contributed by atoms with van der Waals surface area (Å²) in [6.45, 7) is 3.74. The number of rotatable bonds is 5. The summed E-state index contributed by atoms with van der Waals surface area (Å²) in [6.07, 6.45) is 5.29. The van der Waals surface area contributed by atoms with Crippen LogP contribution in [0, 0.1) is 5.41 Å². The van der Waals surface area contributed by atoms with Gasteiger partial charge in [0.1, 0.15) is 0 Å². The first kappa shape index (κ1) is 10.4. The molecule has 2 fully saturated rings. The Bertz CT molecular complexity index is 193. The molecule has 0 atom stereocenters. The average molecular weight is 200 g/mol. The maximum Gasteiger partial charge on any atom is 0.176 e. The van der Waals surface area contributed by atoms with Gasteiger partial charge in [0, 0.05) is 11.8 Å². The number of aliphatic hydroxyl groups is 1. The Hall–Kier alpha value is -0.120. The van der Waals surface area contributed by atoms with Crippen LogP contribution in [0.1, 0.15) is 39.0 Å². The maximum atomic E-state index is 9.42. The number of aliphatic hydroxyl groups excluding tert-OH is 1. The van der Waals surface area contributed by atoms with E-state index in [1.165, 1.54) is 0 Å². The Kier molecular flexibility index (Phi) is 2.82. The lowest BCUT2D eigenvalue weighted by atomic mass is 9.91. The fraction of sp³-hybridized carbons (Fsp3) is 1.00. The van der Waals surface area contributed by atoms with Crippen molar-refractivity contribution >= 4 is 0 Å². The quantitative estimate of drug-likeness (QED) is 0.734. The van der Waals surface area contributed by atoms with Gasteiger partial charge in [-0.15, -0.1) is 0 Å². The third-order valence-electron chi connectivity index (χ3n) is 3.58. The molecule has 0 aromatic heterocycles. The van der Waals surface area contributed by atoms with Crippen LogP contribution in [0.3, 0.4) is 0 Å². The molecule has 14 heavy (non-hydrogen) atoms. The molecule has 82 valence electrons. The summed E-state index contributed by atoms with van der Waals surface area (Å²) in [4.78, 5) is 0. The first-order valence-corrected chi connectivity index (χ1v) is 5.67.